The number of unbranched alkanes of at least 4 members (excludes halogenated alkanes) is 1. The Morgan fingerprint density at radius 2 is 2.00 bits per heavy atom. The minimum atomic E-state index is 0.847. The maximum Gasteiger partial charge on any atom is 0.0594 e. The molecule has 1 N–H and O–H groups in total. The molecule has 2 fully saturated rings. The molecule has 14 heavy (non-hydrogen) atoms. The fourth-order valence-electron chi connectivity index (χ4n) is 2.15. The standard InChI is InChI=1S/C11H22N2O/c1(3-11-4-5-12-11)2-6-13-7-9-14-10-8-13/h11-12H,1-10H2. The molecule has 0 aromatic heterocycles. The molecule has 0 saturated carbocycles. The highest BCUT2D eigenvalue weighted by Gasteiger charge is 2.15. The third kappa shape index (κ3) is 3.23. The van der Waals surface area contributed by atoms with Crippen molar-refractivity contribution in [1.82, 2.24) is 10.2 Å². The summed E-state index contributed by atoms with van der Waals surface area (Å²) in [5, 5.41) is 3.45. The smallest absolute Gasteiger partial charge is 0.0594 e. The third-order valence-corrected chi connectivity index (χ3v) is 3.31. The molecule has 0 bridgehead atoms. The molecule has 2 saturated heterocycles. The lowest BCUT2D eigenvalue weighted by molar-refractivity contribution is 0.0370. The summed E-state index contributed by atoms with van der Waals surface area (Å²) < 4.78 is 5.32. The van der Waals surface area contributed by atoms with E-state index in [4.69, 9.17) is 4.74 Å². The Morgan fingerprint density at radius 1 is 1.21 bits per heavy atom. The van der Waals surface area contributed by atoms with Crippen LogP contribution in [0, 0.1) is 0 Å². The van der Waals surface area contributed by atoms with Crippen LogP contribution < -0.4 is 5.32 Å². The molecule has 3 heteroatoms. The van der Waals surface area contributed by atoms with E-state index in [1.165, 1.54) is 38.8 Å². The Balaban J connectivity index is 1.45. The molecule has 0 aromatic rings. The van der Waals surface area contributed by atoms with Crippen molar-refractivity contribution in [1.29, 1.82) is 0 Å². The molecule has 0 aliphatic carbocycles. The van der Waals surface area contributed by atoms with Crippen LogP contribution in [0.5, 0.6) is 0 Å². The van der Waals surface area contributed by atoms with Crippen LogP contribution in [-0.4, -0.2) is 50.3 Å². The normalized spacial score (nSPS) is 28.7. The van der Waals surface area contributed by atoms with Gasteiger partial charge in [0, 0.05) is 19.1 Å². The fourth-order valence-corrected chi connectivity index (χ4v) is 2.15. The maximum atomic E-state index is 5.32. The molecule has 2 aliphatic rings. The van der Waals surface area contributed by atoms with Gasteiger partial charge in [0.25, 0.3) is 0 Å². The van der Waals surface area contributed by atoms with Gasteiger partial charge in [0.15, 0.2) is 0 Å². The first-order valence-electron chi connectivity index (χ1n) is 5.98. The van der Waals surface area contributed by atoms with E-state index in [0.29, 0.717) is 0 Å². The zero-order chi connectivity index (χ0) is 9.64. The second-order valence-corrected chi connectivity index (χ2v) is 4.39. The molecule has 1 unspecified atom stereocenters. The minimum absolute atomic E-state index is 0.847. The predicted molar refractivity (Wildman–Crippen MR) is 57.5 cm³/mol. The van der Waals surface area contributed by atoms with E-state index in [-0.39, 0.29) is 0 Å². The summed E-state index contributed by atoms with van der Waals surface area (Å²) in [5.41, 5.74) is 0. The summed E-state index contributed by atoms with van der Waals surface area (Å²) in [6.45, 7) is 6.67. The van der Waals surface area contributed by atoms with Crippen molar-refractivity contribution in [2.24, 2.45) is 0 Å². The number of hydrogen-bond donors (Lipinski definition) is 1. The zero-order valence-electron chi connectivity index (χ0n) is 9.00. The van der Waals surface area contributed by atoms with Crippen LogP contribution in [0.15, 0.2) is 0 Å². The van der Waals surface area contributed by atoms with Crippen molar-refractivity contribution in [3.63, 3.8) is 0 Å². The first-order valence-corrected chi connectivity index (χ1v) is 5.98. The summed E-state index contributed by atoms with van der Waals surface area (Å²) in [4.78, 5) is 2.53. The number of nitrogens with one attached hydrogen (secondary N) is 1. The van der Waals surface area contributed by atoms with Gasteiger partial charge in [0.2, 0.25) is 0 Å². The van der Waals surface area contributed by atoms with E-state index >= 15 is 0 Å². The van der Waals surface area contributed by atoms with Gasteiger partial charge in [-0.05, 0) is 32.4 Å². The van der Waals surface area contributed by atoms with Crippen LogP contribution in [0.2, 0.25) is 0 Å². The largest absolute Gasteiger partial charge is 0.379 e. The van der Waals surface area contributed by atoms with Gasteiger partial charge in [-0.2, -0.15) is 0 Å². The number of ether oxygens (including phenoxy) is 1. The average molecular weight is 198 g/mol. The van der Waals surface area contributed by atoms with Gasteiger partial charge >= 0.3 is 0 Å². The van der Waals surface area contributed by atoms with Crippen LogP contribution in [0.1, 0.15) is 25.7 Å². The van der Waals surface area contributed by atoms with E-state index < -0.39 is 0 Å². The second kappa shape index (κ2) is 5.69. The van der Waals surface area contributed by atoms with Crippen LogP contribution in [0.3, 0.4) is 0 Å². The fraction of sp³-hybridized carbons (Fsp3) is 1.00. The van der Waals surface area contributed by atoms with Gasteiger partial charge in [-0.25, -0.2) is 0 Å². The summed E-state index contributed by atoms with van der Waals surface area (Å²) in [7, 11) is 0. The van der Waals surface area contributed by atoms with E-state index in [9.17, 15) is 0 Å². The average Bonchev–Trinajstić information content (AvgIpc) is 2.16. The molecule has 82 valence electrons. The molecule has 0 amide bonds. The minimum Gasteiger partial charge on any atom is -0.379 e. The maximum absolute atomic E-state index is 5.32. The van der Waals surface area contributed by atoms with Crippen molar-refractivity contribution in [3.8, 4) is 0 Å². The lowest BCUT2D eigenvalue weighted by Crippen LogP contribution is -2.42. The van der Waals surface area contributed by atoms with Crippen molar-refractivity contribution < 1.29 is 4.74 Å². The highest BCUT2D eigenvalue weighted by Crippen LogP contribution is 2.11. The van der Waals surface area contributed by atoms with Crippen molar-refractivity contribution in [3.05, 3.63) is 0 Å². The van der Waals surface area contributed by atoms with E-state index in [1.54, 1.807) is 0 Å². The monoisotopic (exact) mass is 198 g/mol. The third-order valence-electron chi connectivity index (χ3n) is 3.31. The van der Waals surface area contributed by atoms with Crippen LogP contribution >= 0.6 is 0 Å². The van der Waals surface area contributed by atoms with Crippen LogP contribution in [0.25, 0.3) is 0 Å². The van der Waals surface area contributed by atoms with Gasteiger partial charge in [-0.15, -0.1) is 0 Å². The topological polar surface area (TPSA) is 24.5 Å². The van der Waals surface area contributed by atoms with Gasteiger partial charge < -0.3 is 10.1 Å². The number of rotatable bonds is 5. The van der Waals surface area contributed by atoms with E-state index in [0.717, 1.165) is 32.3 Å². The summed E-state index contributed by atoms with van der Waals surface area (Å²) >= 11 is 0. The summed E-state index contributed by atoms with van der Waals surface area (Å²) in [6.07, 6.45) is 5.52. The lowest BCUT2D eigenvalue weighted by atomic mass is 10.0. The predicted octanol–water partition coefficient (Wildman–Crippen LogP) is 0.851. The Bertz CT molecular complexity index is 153. The molecule has 2 heterocycles. The quantitative estimate of drug-likeness (QED) is 0.663. The SMILES string of the molecule is C(CCN1CCOCC1)CC1CCN1. The Hall–Kier alpha value is -0.120. The molecular weight excluding hydrogens is 176 g/mol. The Morgan fingerprint density at radius 3 is 2.64 bits per heavy atom. The van der Waals surface area contributed by atoms with Crippen molar-refractivity contribution in [2.75, 3.05) is 39.4 Å². The zero-order valence-corrected chi connectivity index (χ0v) is 9.00. The molecular formula is C11H22N2O. The molecule has 0 radical (unpaired) electrons. The molecule has 0 aromatic carbocycles. The highest BCUT2D eigenvalue weighted by atomic mass is 16.5. The van der Waals surface area contributed by atoms with Gasteiger partial charge in [-0.3, -0.25) is 4.90 Å². The van der Waals surface area contributed by atoms with Crippen molar-refractivity contribution >= 4 is 0 Å². The molecule has 3 nitrogen and oxygen atoms in total. The lowest BCUT2D eigenvalue weighted by Gasteiger charge is -2.29. The summed E-state index contributed by atoms with van der Waals surface area (Å²) in [5.74, 6) is 0. The van der Waals surface area contributed by atoms with Gasteiger partial charge in [-0.1, -0.05) is 6.42 Å². The molecule has 2 aliphatic heterocycles. The van der Waals surface area contributed by atoms with Gasteiger partial charge in [0.1, 0.15) is 0 Å². The first kappa shape index (κ1) is 10.4. The second-order valence-electron chi connectivity index (χ2n) is 4.39. The molecule has 1 atom stereocenters. The van der Waals surface area contributed by atoms with E-state index in [2.05, 4.69) is 10.2 Å². The Labute approximate surface area is 86.8 Å². The van der Waals surface area contributed by atoms with Crippen LogP contribution in [0.4, 0.5) is 0 Å². The molecule has 0 spiro atoms. The Kier molecular flexibility index (Phi) is 4.22. The van der Waals surface area contributed by atoms with E-state index in [1.807, 2.05) is 0 Å². The van der Waals surface area contributed by atoms with Crippen LogP contribution in [-0.2, 0) is 4.74 Å². The molecule has 2 rings (SSSR count). The van der Waals surface area contributed by atoms with Gasteiger partial charge in [0.05, 0.1) is 13.2 Å². The van der Waals surface area contributed by atoms with Crippen molar-refractivity contribution in [2.45, 2.75) is 31.7 Å². The number of hydrogen-bond acceptors (Lipinski definition) is 3. The first-order chi connectivity index (χ1) is 6.95. The highest BCUT2D eigenvalue weighted by molar-refractivity contribution is 4.77. The summed E-state index contributed by atoms with van der Waals surface area (Å²) in [6, 6.07) is 0.847. The number of morpholine rings is 1. The number of nitrogens with zero attached hydrogens (tertiary/aromatic N) is 1.